The fourth-order valence-electron chi connectivity index (χ4n) is 6.01. The first kappa shape index (κ1) is 43.5. The number of nitrogens with one attached hydrogen (secondary N) is 1. The number of rotatable bonds is 6. The maximum Gasteiger partial charge on any atom is 0.214 e. The Morgan fingerprint density at radius 3 is 2.02 bits per heavy atom. The van der Waals surface area contributed by atoms with Gasteiger partial charge in [0, 0.05) is 83.6 Å². The number of benzene rings is 4. The van der Waals surface area contributed by atoms with Gasteiger partial charge in [-0.3, -0.25) is 19.9 Å². The molecule has 16 heteroatoms. The molecule has 304 valence electrons. The molecule has 0 amide bonds. The van der Waals surface area contributed by atoms with Crippen LogP contribution in [0, 0.1) is 29.0 Å². The van der Waals surface area contributed by atoms with E-state index in [0.29, 0.717) is 40.1 Å². The van der Waals surface area contributed by atoms with Gasteiger partial charge < -0.3 is 0 Å². The zero-order valence-electron chi connectivity index (χ0n) is 32.1. The van der Waals surface area contributed by atoms with E-state index in [1.54, 1.807) is 47.9 Å². The Morgan fingerprint density at radius 2 is 1.34 bits per heavy atom. The highest BCUT2D eigenvalue weighted by atomic mass is 79.9. The van der Waals surface area contributed by atoms with Gasteiger partial charge in [0.1, 0.15) is 34.5 Å². The number of fused-ring (bicyclic) bond motifs is 2. The van der Waals surface area contributed by atoms with Crippen molar-refractivity contribution in [2.45, 2.75) is 13.1 Å². The minimum Gasteiger partial charge on any atom is -0.264 e. The fourth-order valence-corrected chi connectivity index (χ4v) is 7.05. The third kappa shape index (κ3) is 11.4. The Hall–Kier alpha value is -6.59. The summed E-state index contributed by atoms with van der Waals surface area (Å²) in [5.41, 5.74) is 13.4. The molecule has 0 bridgehead atoms. The average molecular weight is 991 g/mol. The number of hydrogen-bond acceptors (Lipinski definition) is 8. The number of halogens is 6. The minimum atomic E-state index is -0.413. The molecule has 0 radical (unpaired) electrons. The molecule has 5 heterocycles. The van der Waals surface area contributed by atoms with Crippen molar-refractivity contribution in [3.05, 3.63) is 199 Å². The molecule has 0 aliphatic heterocycles. The van der Waals surface area contributed by atoms with E-state index in [1.165, 1.54) is 30.3 Å². The van der Waals surface area contributed by atoms with Gasteiger partial charge in [-0.2, -0.15) is 0 Å². The number of hydrogen-bond donors (Lipinski definition) is 1. The predicted molar refractivity (Wildman–Crippen MR) is 244 cm³/mol. The second-order valence-corrected chi connectivity index (χ2v) is 15.9. The Balaban J connectivity index is 0.000000160. The van der Waals surface area contributed by atoms with Gasteiger partial charge in [-0.15, -0.1) is 5.10 Å². The monoisotopic (exact) mass is 987 g/mol. The lowest BCUT2D eigenvalue weighted by Gasteiger charge is -2.10. The van der Waals surface area contributed by atoms with Crippen molar-refractivity contribution in [3.8, 4) is 34.4 Å². The molecule has 9 rings (SSSR count). The van der Waals surface area contributed by atoms with Crippen LogP contribution in [-0.4, -0.2) is 34.9 Å². The molecule has 0 aliphatic rings. The zero-order chi connectivity index (χ0) is 43.4. The van der Waals surface area contributed by atoms with Crippen LogP contribution in [0.3, 0.4) is 0 Å². The largest absolute Gasteiger partial charge is 0.264 e. The maximum absolute atomic E-state index is 14.7. The van der Waals surface area contributed by atoms with Crippen molar-refractivity contribution in [3.63, 3.8) is 0 Å². The van der Waals surface area contributed by atoms with Crippen LogP contribution in [-0.2, 0) is 13.1 Å². The number of aromatic nitrogens is 7. The van der Waals surface area contributed by atoms with Crippen molar-refractivity contribution in [2.24, 2.45) is 5.11 Å². The van der Waals surface area contributed by atoms with Crippen LogP contribution in [0.15, 0.2) is 160 Å². The highest BCUT2D eigenvalue weighted by Gasteiger charge is 2.21. The fraction of sp³-hybridized carbons (Fsp3) is 0.0435. The van der Waals surface area contributed by atoms with Gasteiger partial charge in [0.15, 0.2) is 0 Å². The lowest BCUT2D eigenvalue weighted by molar-refractivity contribution is 0.624. The van der Waals surface area contributed by atoms with Crippen molar-refractivity contribution in [1.82, 2.24) is 39.8 Å². The summed E-state index contributed by atoms with van der Waals surface area (Å²) in [5.74, 6) is 4.97. The molecular weight excluding hydrogens is 961 g/mol. The number of nitrogens with zero attached hydrogens (tertiary/aromatic N) is 9. The topological polar surface area (TPSA) is 133 Å². The Bertz CT molecular complexity index is 3140. The summed E-state index contributed by atoms with van der Waals surface area (Å²) in [6.07, 6.45) is 10.4. The van der Waals surface area contributed by atoms with Crippen molar-refractivity contribution in [1.29, 1.82) is 5.53 Å². The molecule has 0 unspecified atom stereocenters. The molecule has 0 saturated heterocycles. The van der Waals surface area contributed by atoms with E-state index in [1.807, 2.05) is 72.8 Å². The average Bonchev–Trinajstić information content (AvgIpc) is 3.70. The van der Waals surface area contributed by atoms with Crippen LogP contribution in [0.2, 0.25) is 10.0 Å². The Kier molecular flexibility index (Phi) is 14.6. The molecule has 4 aromatic carbocycles. The first-order valence-corrected chi connectivity index (χ1v) is 20.8. The van der Waals surface area contributed by atoms with Gasteiger partial charge in [-0.1, -0.05) is 58.5 Å². The van der Waals surface area contributed by atoms with Gasteiger partial charge in [-0.25, -0.2) is 13.5 Å². The third-order valence-electron chi connectivity index (χ3n) is 8.86. The Morgan fingerprint density at radius 1 is 0.694 bits per heavy atom. The molecule has 9 aromatic rings. The molecule has 0 atom stereocenters. The molecule has 5 aromatic heterocycles. The van der Waals surface area contributed by atoms with Gasteiger partial charge in [0.2, 0.25) is 4.91 Å². The predicted octanol–water partition coefficient (Wildman–Crippen LogP) is 12.5. The molecule has 0 fully saturated rings. The molecule has 0 aliphatic carbocycles. The minimum absolute atomic E-state index is 0.287. The highest BCUT2D eigenvalue weighted by molar-refractivity contribution is 9.10. The van der Waals surface area contributed by atoms with Crippen LogP contribution in [0.4, 0.5) is 8.78 Å². The summed E-state index contributed by atoms with van der Waals surface area (Å²) in [7, 11) is 0. The van der Waals surface area contributed by atoms with E-state index in [9.17, 15) is 8.78 Å². The van der Waals surface area contributed by atoms with E-state index in [4.69, 9.17) is 28.7 Å². The SMILES string of the molecule is Fc1ccc(Cl)cc1-c1nnn(Cc2cccnc2)c1-c1ccc2ncc(Br)cc2c1.Fc1ccc(Cl)cc1C#Cc1ccc2ncc(Br)cc2c1.N=[N+]=NCc1cccnc1. The van der Waals surface area contributed by atoms with Crippen LogP contribution >= 0.6 is 55.1 Å². The number of pyridine rings is 4. The standard InChI is InChI=1S/C23H14BrClFN5.C17H8BrClFN.C6H7N4/c24-17-9-16-8-15(3-6-21(16)28-12-17)23-22(19-10-18(25)4-5-20(19)26)29-30-31(23)13-14-2-1-7-27-11-14;18-14-8-13-7-11(2-6-17(13)21-10-14)1-3-12-9-15(19)4-5-16(12)20;7-10-9-5-6-2-1-3-8-4-6/h1-12H,13H2;2,4-10H;1-4,7H,5H2/q;;+1. The van der Waals surface area contributed by atoms with E-state index in [0.717, 1.165) is 53.0 Å². The van der Waals surface area contributed by atoms with Gasteiger partial charge in [0.25, 0.3) is 0 Å². The van der Waals surface area contributed by atoms with Crippen LogP contribution in [0.1, 0.15) is 22.3 Å². The van der Waals surface area contributed by atoms with Crippen molar-refractivity contribution < 1.29 is 8.78 Å². The summed E-state index contributed by atoms with van der Waals surface area (Å²) < 4.78 is 31.9. The highest BCUT2D eigenvalue weighted by Crippen LogP contribution is 2.35. The van der Waals surface area contributed by atoms with Crippen LogP contribution < -0.4 is 4.91 Å². The smallest absolute Gasteiger partial charge is 0.214 e. The summed E-state index contributed by atoms with van der Waals surface area (Å²) in [6, 6.07) is 31.8. The van der Waals surface area contributed by atoms with Gasteiger partial charge in [0.05, 0.1) is 28.8 Å². The van der Waals surface area contributed by atoms with Gasteiger partial charge >= 0.3 is 0 Å². The van der Waals surface area contributed by atoms with Crippen molar-refractivity contribution in [2.75, 3.05) is 0 Å². The van der Waals surface area contributed by atoms with E-state index in [2.05, 4.69) is 84.0 Å². The second kappa shape index (κ2) is 20.8. The van der Waals surface area contributed by atoms with Crippen LogP contribution in [0.5, 0.6) is 0 Å². The third-order valence-corrected chi connectivity index (χ3v) is 10.2. The van der Waals surface area contributed by atoms with Gasteiger partial charge in [-0.05, 0) is 134 Å². The lowest BCUT2D eigenvalue weighted by Crippen LogP contribution is -2.04. The normalized spacial score (nSPS) is 10.4. The van der Waals surface area contributed by atoms with E-state index < -0.39 is 5.82 Å². The molecule has 0 saturated carbocycles. The second-order valence-electron chi connectivity index (χ2n) is 13.2. The Labute approximate surface area is 380 Å². The summed E-state index contributed by atoms with van der Waals surface area (Å²) in [5, 5.41) is 15.0. The summed E-state index contributed by atoms with van der Waals surface area (Å²) in [6.45, 7) is 0.879. The van der Waals surface area contributed by atoms with Crippen molar-refractivity contribution >= 4 is 76.9 Å². The lowest BCUT2D eigenvalue weighted by atomic mass is 10.0. The maximum atomic E-state index is 14.7. The zero-order valence-corrected chi connectivity index (χ0v) is 36.7. The summed E-state index contributed by atoms with van der Waals surface area (Å²) in [4.78, 5) is 19.6. The first-order valence-electron chi connectivity index (χ1n) is 18.4. The quantitative estimate of drug-likeness (QED) is 0.100. The summed E-state index contributed by atoms with van der Waals surface area (Å²) >= 11 is 18.9. The molecule has 10 nitrogen and oxygen atoms in total. The molecular formula is C46H29Br2Cl2F2N10+. The van der Waals surface area contributed by atoms with E-state index in [-0.39, 0.29) is 11.4 Å². The van der Waals surface area contributed by atoms with E-state index >= 15 is 0 Å². The molecule has 1 N–H and O–H groups in total. The van der Waals surface area contributed by atoms with Crippen LogP contribution in [0.25, 0.3) is 44.3 Å². The molecule has 0 spiro atoms. The first-order chi connectivity index (χ1) is 30.1. The molecule has 62 heavy (non-hydrogen) atoms.